The van der Waals surface area contributed by atoms with Crippen LogP contribution in [0.25, 0.3) is 0 Å². The second-order valence-corrected chi connectivity index (χ2v) is 4.42. The quantitative estimate of drug-likeness (QED) is 0.870. The number of benzene rings is 1. The average molecular weight is 246 g/mol. The van der Waals surface area contributed by atoms with Gasteiger partial charge >= 0.3 is 0 Å². The lowest BCUT2D eigenvalue weighted by Crippen LogP contribution is -2.05. The van der Waals surface area contributed by atoms with E-state index in [0.29, 0.717) is 6.54 Å². The van der Waals surface area contributed by atoms with Crippen LogP contribution in [0.2, 0.25) is 0 Å². The van der Waals surface area contributed by atoms with Crippen molar-refractivity contribution >= 4 is 5.69 Å². The standard InChI is InChI=1S/C14H18N2O2/c1-9-13(11(3)18-16-9)8-15-14-7-5-4-6-12(14)10(2)17/h4-7,10,15,17H,8H2,1-3H3. The maximum absolute atomic E-state index is 9.70. The molecule has 4 heteroatoms. The Labute approximate surface area is 107 Å². The predicted octanol–water partition coefficient (Wildman–Crippen LogP) is 2.96. The molecule has 2 rings (SSSR count). The number of anilines is 1. The van der Waals surface area contributed by atoms with E-state index in [4.69, 9.17) is 4.52 Å². The number of hydrogen-bond acceptors (Lipinski definition) is 4. The maximum atomic E-state index is 9.70. The summed E-state index contributed by atoms with van der Waals surface area (Å²) in [4.78, 5) is 0. The molecule has 0 amide bonds. The van der Waals surface area contributed by atoms with Crippen LogP contribution in [0.4, 0.5) is 5.69 Å². The summed E-state index contributed by atoms with van der Waals surface area (Å²) in [7, 11) is 0. The first-order chi connectivity index (χ1) is 8.59. The molecule has 2 aromatic rings. The van der Waals surface area contributed by atoms with Crippen LogP contribution in [-0.2, 0) is 6.54 Å². The molecule has 0 fully saturated rings. The second-order valence-electron chi connectivity index (χ2n) is 4.42. The number of aliphatic hydroxyl groups is 1. The lowest BCUT2D eigenvalue weighted by Gasteiger charge is -2.13. The Hall–Kier alpha value is -1.81. The van der Waals surface area contributed by atoms with Gasteiger partial charge in [0.15, 0.2) is 0 Å². The van der Waals surface area contributed by atoms with Gasteiger partial charge < -0.3 is 14.9 Å². The van der Waals surface area contributed by atoms with Gasteiger partial charge in [0.2, 0.25) is 0 Å². The van der Waals surface area contributed by atoms with E-state index in [1.54, 1.807) is 6.92 Å². The van der Waals surface area contributed by atoms with Crippen LogP contribution in [-0.4, -0.2) is 10.3 Å². The Morgan fingerprint density at radius 3 is 2.67 bits per heavy atom. The molecule has 96 valence electrons. The third-order valence-corrected chi connectivity index (χ3v) is 3.05. The van der Waals surface area contributed by atoms with Crippen LogP contribution in [0.5, 0.6) is 0 Å². The van der Waals surface area contributed by atoms with Gasteiger partial charge in [0.1, 0.15) is 5.76 Å². The molecular weight excluding hydrogens is 228 g/mol. The summed E-state index contributed by atoms with van der Waals surface area (Å²) in [6, 6.07) is 7.74. The van der Waals surface area contributed by atoms with Crippen molar-refractivity contribution < 1.29 is 9.63 Å². The van der Waals surface area contributed by atoms with Gasteiger partial charge in [0, 0.05) is 23.4 Å². The number of nitrogens with zero attached hydrogens (tertiary/aromatic N) is 1. The topological polar surface area (TPSA) is 58.3 Å². The summed E-state index contributed by atoms with van der Waals surface area (Å²) in [6.45, 7) is 6.23. The molecule has 0 aliphatic rings. The van der Waals surface area contributed by atoms with Gasteiger partial charge in [-0.2, -0.15) is 0 Å². The number of rotatable bonds is 4. The Bertz CT molecular complexity index is 513. The van der Waals surface area contributed by atoms with Gasteiger partial charge in [-0.15, -0.1) is 0 Å². The smallest absolute Gasteiger partial charge is 0.138 e. The Kier molecular flexibility index (Phi) is 3.67. The van der Waals surface area contributed by atoms with Crippen molar-refractivity contribution in [1.82, 2.24) is 5.16 Å². The first-order valence-corrected chi connectivity index (χ1v) is 6.02. The third-order valence-electron chi connectivity index (χ3n) is 3.05. The van der Waals surface area contributed by atoms with Crippen molar-refractivity contribution in [2.45, 2.75) is 33.4 Å². The largest absolute Gasteiger partial charge is 0.389 e. The lowest BCUT2D eigenvalue weighted by molar-refractivity contribution is 0.200. The van der Waals surface area contributed by atoms with Crippen LogP contribution in [0.3, 0.4) is 0 Å². The molecule has 4 nitrogen and oxygen atoms in total. The van der Waals surface area contributed by atoms with Crippen LogP contribution < -0.4 is 5.32 Å². The molecule has 0 saturated carbocycles. The van der Waals surface area contributed by atoms with E-state index >= 15 is 0 Å². The first-order valence-electron chi connectivity index (χ1n) is 6.02. The molecule has 1 aromatic heterocycles. The average Bonchev–Trinajstić information content (AvgIpc) is 2.67. The number of aromatic nitrogens is 1. The fraction of sp³-hybridized carbons (Fsp3) is 0.357. The van der Waals surface area contributed by atoms with E-state index in [1.807, 2.05) is 38.1 Å². The molecule has 1 heterocycles. The number of aryl methyl sites for hydroxylation is 2. The molecule has 1 aromatic carbocycles. The van der Waals surface area contributed by atoms with Crippen molar-refractivity contribution in [3.8, 4) is 0 Å². The number of nitrogens with one attached hydrogen (secondary N) is 1. The molecule has 0 saturated heterocycles. The molecule has 0 aliphatic heterocycles. The van der Waals surface area contributed by atoms with Gasteiger partial charge in [-0.3, -0.25) is 0 Å². The zero-order valence-corrected chi connectivity index (χ0v) is 10.9. The van der Waals surface area contributed by atoms with Crippen molar-refractivity contribution in [2.75, 3.05) is 5.32 Å². The van der Waals surface area contributed by atoms with E-state index in [-0.39, 0.29) is 0 Å². The van der Waals surface area contributed by atoms with Crippen molar-refractivity contribution in [3.63, 3.8) is 0 Å². The minimum absolute atomic E-state index is 0.488. The maximum Gasteiger partial charge on any atom is 0.138 e. The van der Waals surface area contributed by atoms with Crippen LogP contribution >= 0.6 is 0 Å². The van der Waals surface area contributed by atoms with E-state index in [0.717, 1.165) is 28.3 Å². The number of para-hydroxylation sites is 1. The second kappa shape index (κ2) is 5.23. The monoisotopic (exact) mass is 246 g/mol. The van der Waals surface area contributed by atoms with Gasteiger partial charge in [0.25, 0.3) is 0 Å². The van der Waals surface area contributed by atoms with Crippen LogP contribution in [0, 0.1) is 13.8 Å². The summed E-state index contributed by atoms with van der Waals surface area (Å²) in [5.74, 6) is 0.828. The Morgan fingerprint density at radius 1 is 1.33 bits per heavy atom. The summed E-state index contributed by atoms with van der Waals surface area (Å²) in [6.07, 6.45) is -0.488. The van der Waals surface area contributed by atoms with Gasteiger partial charge in [-0.25, -0.2) is 0 Å². The molecule has 0 radical (unpaired) electrons. The van der Waals surface area contributed by atoms with Crippen LogP contribution in [0.15, 0.2) is 28.8 Å². The highest BCUT2D eigenvalue weighted by molar-refractivity contribution is 5.52. The summed E-state index contributed by atoms with van der Waals surface area (Å²) in [5.41, 5.74) is 3.79. The van der Waals surface area contributed by atoms with E-state index < -0.39 is 6.10 Å². The highest BCUT2D eigenvalue weighted by atomic mass is 16.5. The van der Waals surface area contributed by atoms with Gasteiger partial charge in [0.05, 0.1) is 11.8 Å². The van der Waals surface area contributed by atoms with Crippen molar-refractivity contribution in [1.29, 1.82) is 0 Å². The molecule has 18 heavy (non-hydrogen) atoms. The highest BCUT2D eigenvalue weighted by Crippen LogP contribution is 2.23. The molecule has 0 aliphatic carbocycles. The summed E-state index contributed by atoms with van der Waals surface area (Å²) in [5, 5.41) is 16.9. The highest BCUT2D eigenvalue weighted by Gasteiger charge is 2.11. The third kappa shape index (κ3) is 2.54. The van der Waals surface area contributed by atoms with E-state index in [9.17, 15) is 5.11 Å². The van der Waals surface area contributed by atoms with Crippen LogP contribution in [0.1, 0.15) is 35.6 Å². The van der Waals surface area contributed by atoms with Crippen molar-refractivity contribution in [2.24, 2.45) is 0 Å². The molecular formula is C14H18N2O2. The predicted molar refractivity (Wildman–Crippen MR) is 70.4 cm³/mol. The summed E-state index contributed by atoms with van der Waals surface area (Å²) < 4.78 is 5.12. The molecule has 0 spiro atoms. The minimum Gasteiger partial charge on any atom is -0.389 e. The number of aliphatic hydroxyl groups excluding tert-OH is 1. The minimum atomic E-state index is -0.488. The lowest BCUT2D eigenvalue weighted by atomic mass is 10.1. The van der Waals surface area contributed by atoms with E-state index in [1.165, 1.54) is 0 Å². The number of hydrogen-bond donors (Lipinski definition) is 2. The molecule has 0 bridgehead atoms. The van der Waals surface area contributed by atoms with Gasteiger partial charge in [-0.05, 0) is 26.8 Å². The van der Waals surface area contributed by atoms with E-state index in [2.05, 4.69) is 10.5 Å². The SMILES string of the molecule is Cc1noc(C)c1CNc1ccccc1C(C)O. The Morgan fingerprint density at radius 2 is 2.06 bits per heavy atom. The zero-order chi connectivity index (χ0) is 13.1. The van der Waals surface area contributed by atoms with Crippen molar-refractivity contribution in [3.05, 3.63) is 46.8 Å². The zero-order valence-electron chi connectivity index (χ0n) is 10.9. The molecule has 2 N–H and O–H groups in total. The van der Waals surface area contributed by atoms with Gasteiger partial charge in [-0.1, -0.05) is 23.4 Å². The molecule has 1 unspecified atom stereocenters. The fourth-order valence-electron chi connectivity index (χ4n) is 1.96. The normalized spacial score (nSPS) is 12.4. The fourth-order valence-corrected chi connectivity index (χ4v) is 1.96. The first kappa shape index (κ1) is 12.6. The summed E-state index contributed by atoms with van der Waals surface area (Å²) >= 11 is 0. The molecule has 1 atom stereocenters. The Balaban J connectivity index is 2.16.